The van der Waals surface area contributed by atoms with Gasteiger partial charge in [-0.05, 0) is 42.2 Å². The maximum Gasteiger partial charge on any atom is 0.164 e. The predicted octanol–water partition coefficient (Wildman–Crippen LogP) is 3.48. The number of rotatable bonds is 4. The molecule has 1 unspecified atom stereocenters. The van der Waals surface area contributed by atoms with Gasteiger partial charge in [0, 0.05) is 6.07 Å². The summed E-state index contributed by atoms with van der Waals surface area (Å²) in [5.74, 6) is 2.73. The van der Waals surface area contributed by atoms with Crippen molar-refractivity contribution in [3.05, 3.63) is 41.5 Å². The lowest BCUT2D eigenvalue weighted by atomic mass is 9.97. The molecule has 0 aromatic heterocycles. The Morgan fingerprint density at radius 1 is 0.957 bits per heavy atom. The summed E-state index contributed by atoms with van der Waals surface area (Å²) in [5, 5.41) is 9.72. The van der Waals surface area contributed by atoms with Gasteiger partial charge in [-0.25, -0.2) is 0 Å². The Bertz CT molecular complexity index is 711. The van der Waals surface area contributed by atoms with Crippen LogP contribution in [0.3, 0.4) is 0 Å². The summed E-state index contributed by atoms with van der Waals surface area (Å²) in [6, 6.07) is 9.11. The van der Waals surface area contributed by atoms with Crippen molar-refractivity contribution in [3.63, 3.8) is 0 Å². The molecule has 5 heteroatoms. The molecule has 1 aliphatic rings. The van der Waals surface area contributed by atoms with Crippen LogP contribution in [0.2, 0.25) is 0 Å². The van der Waals surface area contributed by atoms with E-state index < -0.39 is 0 Å². The average molecular weight is 316 g/mol. The number of hydrogen-bond donors (Lipinski definition) is 1. The molecule has 0 amide bonds. The highest BCUT2D eigenvalue weighted by Crippen LogP contribution is 2.42. The minimum atomic E-state index is -0.0879. The summed E-state index contributed by atoms with van der Waals surface area (Å²) in [7, 11) is 4.77. The van der Waals surface area contributed by atoms with Crippen LogP contribution in [0.15, 0.2) is 30.3 Å². The lowest BCUT2D eigenvalue weighted by molar-refractivity contribution is 0.174. The third kappa shape index (κ3) is 2.86. The van der Waals surface area contributed by atoms with Gasteiger partial charge in [0.2, 0.25) is 0 Å². The van der Waals surface area contributed by atoms with Crippen LogP contribution in [0.1, 0.15) is 23.7 Å². The number of benzene rings is 2. The molecule has 5 nitrogen and oxygen atoms in total. The number of hydrogen-bond acceptors (Lipinski definition) is 5. The Morgan fingerprint density at radius 2 is 1.65 bits per heavy atom. The highest BCUT2D eigenvalue weighted by atomic mass is 16.5. The van der Waals surface area contributed by atoms with E-state index in [1.807, 2.05) is 24.3 Å². The quantitative estimate of drug-likeness (QED) is 0.936. The molecule has 23 heavy (non-hydrogen) atoms. The molecule has 2 aromatic carbocycles. The third-order valence-corrected chi connectivity index (χ3v) is 4.09. The number of methoxy groups -OCH3 is 3. The van der Waals surface area contributed by atoms with Crippen molar-refractivity contribution in [1.82, 2.24) is 0 Å². The Kier molecular flexibility index (Phi) is 4.19. The number of phenolic OH excluding ortho intramolecular Hbond substituents is 1. The van der Waals surface area contributed by atoms with Crippen molar-refractivity contribution in [2.45, 2.75) is 18.9 Å². The van der Waals surface area contributed by atoms with E-state index in [1.165, 1.54) is 7.11 Å². The highest BCUT2D eigenvalue weighted by molar-refractivity contribution is 5.52. The van der Waals surface area contributed by atoms with E-state index in [0.29, 0.717) is 17.2 Å². The summed E-state index contributed by atoms with van der Waals surface area (Å²) in [5.41, 5.74) is 2.07. The SMILES string of the molecule is COc1cc(C2CCc3cc(OC)c(OC)cc3O2)ccc1O. The maximum absolute atomic E-state index is 9.72. The molecule has 1 aliphatic heterocycles. The lowest BCUT2D eigenvalue weighted by Gasteiger charge is -2.27. The van der Waals surface area contributed by atoms with Crippen molar-refractivity contribution in [2.24, 2.45) is 0 Å². The standard InChI is InChI=1S/C18H20O5/c1-20-16-8-11(4-6-13(16)19)14-7-5-12-9-17(21-2)18(22-3)10-15(12)23-14/h4,6,8-10,14,19H,5,7H2,1-3H3. The Labute approximate surface area is 135 Å². The van der Waals surface area contributed by atoms with Gasteiger partial charge in [-0.2, -0.15) is 0 Å². The normalized spacial score (nSPS) is 16.2. The fourth-order valence-corrected chi connectivity index (χ4v) is 2.84. The minimum absolute atomic E-state index is 0.0879. The zero-order valence-electron chi connectivity index (χ0n) is 13.5. The first-order valence-corrected chi connectivity index (χ1v) is 7.44. The van der Waals surface area contributed by atoms with Crippen molar-refractivity contribution >= 4 is 0 Å². The van der Waals surface area contributed by atoms with Gasteiger partial charge < -0.3 is 24.1 Å². The molecule has 0 fully saturated rings. The molecule has 3 rings (SSSR count). The van der Waals surface area contributed by atoms with Gasteiger partial charge in [-0.1, -0.05) is 6.07 Å². The predicted molar refractivity (Wildman–Crippen MR) is 85.9 cm³/mol. The summed E-state index contributed by atoms with van der Waals surface area (Å²) in [6.45, 7) is 0. The zero-order chi connectivity index (χ0) is 16.4. The van der Waals surface area contributed by atoms with Gasteiger partial charge in [0.25, 0.3) is 0 Å². The first-order valence-electron chi connectivity index (χ1n) is 7.44. The number of aromatic hydroxyl groups is 1. The van der Waals surface area contributed by atoms with Crippen molar-refractivity contribution < 1.29 is 24.1 Å². The summed E-state index contributed by atoms with van der Waals surface area (Å²) in [4.78, 5) is 0. The molecule has 0 aliphatic carbocycles. The van der Waals surface area contributed by atoms with E-state index in [9.17, 15) is 5.11 Å². The number of fused-ring (bicyclic) bond motifs is 1. The van der Waals surface area contributed by atoms with Gasteiger partial charge in [-0.3, -0.25) is 0 Å². The molecule has 0 spiro atoms. The van der Waals surface area contributed by atoms with Crippen LogP contribution in [-0.4, -0.2) is 26.4 Å². The fraction of sp³-hybridized carbons (Fsp3) is 0.333. The van der Waals surface area contributed by atoms with E-state index in [4.69, 9.17) is 18.9 Å². The monoisotopic (exact) mass is 316 g/mol. The van der Waals surface area contributed by atoms with E-state index in [-0.39, 0.29) is 11.9 Å². The summed E-state index contributed by atoms with van der Waals surface area (Å²) in [6.07, 6.45) is 1.63. The highest BCUT2D eigenvalue weighted by Gasteiger charge is 2.24. The first kappa shape index (κ1) is 15.3. The fourth-order valence-electron chi connectivity index (χ4n) is 2.84. The van der Waals surface area contributed by atoms with Gasteiger partial charge in [-0.15, -0.1) is 0 Å². The van der Waals surface area contributed by atoms with E-state index in [2.05, 4.69) is 0 Å². The molecule has 1 heterocycles. The van der Waals surface area contributed by atoms with Crippen LogP contribution < -0.4 is 18.9 Å². The topological polar surface area (TPSA) is 57.2 Å². The van der Waals surface area contributed by atoms with Gasteiger partial charge in [0.15, 0.2) is 23.0 Å². The van der Waals surface area contributed by atoms with Crippen molar-refractivity contribution in [3.8, 4) is 28.7 Å². The minimum Gasteiger partial charge on any atom is -0.504 e. The summed E-state index contributed by atoms with van der Waals surface area (Å²) >= 11 is 0. The zero-order valence-corrected chi connectivity index (χ0v) is 13.5. The van der Waals surface area contributed by atoms with E-state index in [0.717, 1.165) is 29.7 Å². The van der Waals surface area contributed by atoms with Gasteiger partial charge >= 0.3 is 0 Å². The second-order valence-electron chi connectivity index (χ2n) is 5.39. The maximum atomic E-state index is 9.72. The second-order valence-corrected chi connectivity index (χ2v) is 5.39. The molecule has 0 bridgehead atoms. The van der Waals surface area contributed by atoms with Gasteiger partial charge in [0.05, 0.1) is 21.3 Å². The van der Waals surface area contributed by atoms with Crippen molar-refractivity contribution in [1.29, 1.82) is 0 Å². The number of phenols is 1. The largest absolute Gasteiger partial charge is 0.504 e. The number of ether oxygens (including phenoxy) is 4. The molecular formula is C18H20O5. The van der Waals surface area contributed by atoms with Crippen LogP contribution in [-0.2, 0) is 6.42 Å². The van der Waals surface area contributed by atoms with Crippen LogP contribution >= 0.6 is 0 Å². The van der Waals surface area contributed by atoms with E-state index >= 15 is 0 Å². The smallest absolute Gasteiger partial charge is 0.164 e. The second kappa shape index (κ2) is 6.28. The Balaban J connectivity index is 1.90. The molecule has 0 saturated heterocycles. The molecule has 0 saturated carbocycles. The molecular weight excluding hydrogens is 296 g/mol. The lowest BCUT2D eigenvalue weighted by Crippen LogP contribution is -2.15. The van der Waals surface area contributed by atoms with E-state index in [1.54, 1.807) is 20.3 Å². The molecule has 0 radical (unpaired) electrons. The molecule has 1 atom stereocenters. The first-order chi connectivity index (χ1) is 11.2. The van der Waals surface area contributed by atoms with Crippen molar-refractivity contribution in [2.75, 3.05) is 21.3 Å². The molecule has 122 valence electrons. The van der Waals surface area contributed by atoms with Gasteiger partial charge in [0.1, 0.15) is 11.9 Å². The molecule has 2 aromatic rings. The Morgan fingerprint density at radius 3 is 2.35 bits per heavy atom. The summed E-state index contributed by atoms with van der Waals surface area (Å²) < 4.78 is 22.0. The Hall–Kier alpha value is -2.56. The molecule has 1 N–H and O–H groups in total. The van der Waals surface area contributed by atoms with Crippen LogP contribution in [0, 0.1) is 0 Å². The van der Waals surface area contributed by atoms with Crippen LogP contribution in [0.5, 0.6) is 28.7 Å². The van der Waals surface area contributed by atoms with Crippen LogP contribution in [0.25, 0.3) is 0 Å². The number of aryl methyl sites for hydroxylation is 1. The van der Waals surface area contributed by atoms with Crippen LogP contribution in [0.4, 0.5) is 0 Å². The average Bonchev–Trinajstić information content (AvgIpc) is 2.60. The third-order valence-electron chi connectivity index (χ3n) is 4.09.